The molecule has 27 heavy (non-hydrogen) atoms. The number of hydrogen-bond acceptors (Lipinski definition) is 6. The van der Waals surface area contributed by atoms with Crippen LogP contribution in [0, 0.1) is 10.1 Å². The van der Waals surface area contributed by atoms with Gasteiger partial charge in [0.2, 0.25) is 0 Å². The van der Waals surface area contributed by atoms with Crippen LogP contribution in [-0.4, -0.2) is 22.4 Å². The van der Waals surface area contributed by atoms with Crippen molar-refractivity contribution < 1.29 is 14.5 Å². The van der Waals surface area contributed by atoms with Crippen LogP contribution in [0.4, 0.5) is 10.8 Å². The van der Waals surface area contributed by atoms with Gasteiger partial charge in [-0.25, -0.2) is 4.98 Å². The second kappa shape index (κ2) is 8.32. The average Bonchev–Trinajstić information content (AvgIpc) is 3.03. The number of ether oxygens (including phenoxy) is 1. The number of carbonyl (C=O) groups is 1. The van der Waals surface area contributed by atoms with E-state index in [0.29, 0.717) is 11.7 Å². The Balaban J connectivity index is 1.79. The first-order chi connectivity index (χ1) is 13.0. The van der Waals surface area contributed by atoms with E-state index < -0.39 is 10.8 Å². The first-order valence-corrected chi connectivity index (χ1v) is 9.46. The van der Waals surface area contributed by atoms with Crippen molar-refractivity contribution in [3.05, 3.63) is 57.1 Å². The summed E-state index contributed by atoms with van der Waals surface area (Å²) >= 11 is 7.29. The molecule has 3 aromatic rings. The summed E-state index contributed by atoms with van der Waals surface area (Å²) in [7, 11) is 0. The van der Waals surface area contributed by atoms with Crippen LogP contribution in [0.15, 0.2) is 36.4 Å². The molecule has 0 atom stereocenters. The lowest BCUT2D eigenvalue weighted by Crippen LogP contribution is -2.12. The Hall–Kier alpha value is -2.71. The van der Waals surface area contributed by atoms with Crippen molar-refractivity contribution in [1.82, 2.24) is 4.98 Å². The molecule has 1 N–H and O–H groups in total. The summed E-state index contributed by atoms with van der Waals surface area (Å²) in [6.07, 6.45) is 2.03. The average molecular weight is 406 g/mol. The van der Waals surface area contributed by atoms with Crippen LogP contribution in [0.25, 0.3) is 10.2 Å². The molecular formula is C18H16ClN3O4S. The number of nitrogens with one attached hydrogen (secondary N) is 1. The minimum atomic E-state index is -0.579. The third-order valence-electron chi connectivity index (χ3n) is 3.75. The van der Waals surface area contributed by atoms with Gasteiger partial charge in [-0.3, -0.25) is 20.2 Å². The molecule has 0 radical (unpaired) electrons. The first-order valence-electron chi connectivity index (χ1n) is 8.26. The second-order valence-electron chi connectivity index (χ2n) is 5.73. The molecule has 1 heterocycles. The van der Waals surface area contributed by atoms with Gasteiger partial charge in [0, 0.05) is 12.1 Å². The Labute approximate surface area is 164 Å². The maximum atomic E-state index is 12.5. The molecule has 140 valence electrons. The molecule has 0 bridgehead atoms. The van der Waals surface area contributed by atoms with E-state index in [1.807, 2.05) is 18.2 Å². The van der Waals surface area contributed by atoms with Gasteiger partial charge < -0.3 is 4.74 Å². The minimum Gasteiger partial charge on any atom is -0.494 e. The summed E-state index contributed by atoms with van der Waals surface area (Å²) < 4.78 is 6.54. The third kappa shape index (κ3) is 4.53. The number of non-ortho nitro benzene ring substituents is 1. The number of nitrogens with zero attached hydrogens (tertiary/aromatic N) is 2. The fourth-order valence-corrected chi connectivity index (χ4v) is 3.44. The molecule has 7 nitrogen and oxygen atoms in total. The van der Waals surface area contributed by atoms with Crippen molar-refractivity contribution in [3.8, 4) is 5.75 Å². The van der Waals surface area contributed by atoms with Crippen molar-refractivity contribution in [3.63, 3.8) is 0 Å². The molecule has 0 aliphatic carbocycles. The molecule has 2 aromatic carbocycles. The predicted octanol–water partition coefficient (Wildman–Crippen LogP) is 5.29. The van der Waals surface area contributed by atoms with Crippen molar-refractivity contribution >= 4 is 49.9 Å². The van der Waals surface area contributed by atoms with E-state index in [2.05, 4.69) is 17.2 Å². The molecule has 1 amide bonds. The van der Waals surface area contributed by atoms with Gasteiger partial charge in [0.15, 0.2) is 5.13 Å². The van der Waals surface area contributed by atoms with E-state index in [-0.39, 0.29) is 16.3 Å². The number of aromatic nitrogens is 1. The Morgan fingerprint density at radius 2 is 2.15 bits per heavy atom. The van der Waals surface area contributed by atoms with Gasteiger partial charge in [-0.1, -0.05) is 36.3 Å². The van der Waals surface area contributed by atoms with Gasteiger partial charge in [0.05, 0.1) is 32.3 Å². The lowest BCUT2D eigenvalue weighted by molar-refractivity contribution is -0.384. The Morgan fingerprint density at radius 3 is 2.89 bits per heavy atom. The van der Waals surface area contributed by atoms with Crippen molar-refractivity contribution in [1.29, 1.82) is 0 Å². The number of benzene rings is 2. The summed E-state index contributed by atoms with van der Waals surface area (Å²) in [5.74, 6) is 0.196. The molecule has 0 unspecified atom stereocenters. The highest BCUT2D eigenvalue weighted by Gasteiger charge is 2.17. The number of rotatable bonds is 7. The molecule has 3 rings (SSSR count). The predicted molar refractivity (Wildman–Crippen MR) is 106 cm³/mol. The van der Waals surface area contributed by atoms with Gasteiger partial charge in [0.25, 0.3) is 11.6 Å². The quantitative estimate of drug-likeness (QED) is 0.327. The van der Waals surface area contributed by atoms with Crippen molar-refractivity contribution in [2.45, 2.75) is 19.8 Å². The topological polar surface area (TPSA) is 94.4 Å². The number of halogens is 1. The van der Waals surface area contributed by atoms with Crippen LogP contribution < -0.4 is 10.1 Å². The zero-order chi connectivity index (χ0) is 19.4. The van der Waals surface area contributed by atoms with Gasteiger partial charge in [-0.2, -0.15) is 0 Å². The summed E-state index contributed by atoms with van der Waals surface area (Å²) in [6, 6.07) is 9.25. The molecular weight excluding hydrogens is 390 g/mol. The summed E-state index contributed by atoms with van der Waals surface area (Å²) in [5, 5.41) is 14.1. The van der Waals surface area contributed by atoms with E-state index in [1.54, 1.807) is 0 Å². The van der Waals surface area contributed by atoms with E-state index in [9.17, 15) is 14.9 Å². The molecule has 9 heteroatoms. The van der Waals surface area contributed by atoms with Crippen molar-refractivity contribution in [2.24, 2.45) is 0 Å². The Bertz CT molecular complexity index is 1010. The van der Waals surface area contributed by atoms with Crippen molar-refractivity contribution in [2.75, 3.05) is 11.9 Å². The SMILES string of the molecule is CCCCOc1ccc2nc(NC(=O)c3cc([N+](=O)[O-])ccc3Cl)sc2c1. The molecule has 0 saturated heterocycles. The number of fused-ring (bicyclic) bond motifs is 1. The summed E-state index contributed by atoms with van der Waals surface area (Å²) in [5.41, 5.74) is 0.541. The normalized spacial score (nSPS) is 10.7. The number of hydrogen-bond donors (Lipinski definition) is 1. The molecule has 1 aromatic heterocycles. The second-order valence-corrected chi connectivity index (χ2v) is 7.16. The minimum absolute atomic E-state index is 0.0220. The number of nitro groups is 1. The van der Waals surface area contributed by atoms with E-state index in [4.69, 9.17) is 16.3 Å². The fourth-order valence-electron chi connectivity index (χ4n) is 2.35. The lowest BCUT2D eigenvalue weighted by atomic mass is 10.2. The molecule has 0 aliphatic heterocycles. The van der Waals surface area contributed by atoms with Gasteiger partial charge in [-0.05, 0) is 30.7 Å². The van der Waals surface area contributed by atoms with Crippen LogP contribution in [0.2, 0.25) is 5.02 Å². The maximum Gasteiger partial charge on any atom is 0.270 e. The van der Waals surface area contributed by atoms with Crippen LogP contribution >= 0.6 is 22.9 Å². The van der Waals surface area contributed by atoms with Crippen LogP contribution in [0.3, 0.4) is 0 Å². The highest BCUT2D eigenvalue weighted by Crippen LogP contribution is 2.30. The van der Waals surface area contributed by atoms with Gasteiger partial charge in [-0.15, -0.1) is 0 Å². The summed E-state index contributed by atoms with van der Waals surface area (Å²) in [6.45, 7) is 2.74. The van der Waals surface area contributed by atoms with E-state index >= 15 is 0 Å². The molecule has 0 fully saturated rings. The zero-order valence-electron chi connectivity index (χ0n) is 14.4. The molecule has 0 aliphatic rings. The monoisotopic (exact) mass is 405 g/mol. The standard InChI is InChI=1S/C18H16ClN3O4S/c1-2-3-8-26-12-5-7-15-16(10-12)27-18(20-15)21-17(23)13-9-11(22(24)25)4-6-14(13)19/h4-7,9-10H,2-3,8H2,1H3,(H,20,21,23). The Morgan fingerprint density at radius 1 is 1.33 bits per heavy atom. The number of carbonyl (C=O) groups excluding carboxylic acids is 1. The Kier molecular flexibility index (Phi) is 5.88. The molecule has 0 spiro atoms. The van der Waals surface area contributed by atoms with E-state index in [0.717, 1.165) is 34.9 Å². The van der Waals surface area contributed by atoms with Crippen LogP contribution in [0.5, 0.6) is 5.75 Å². The largest absolute Gasteiger partial charge is 0.494 e. The number of anilines is 1. The van der Waals surface area contributed by atoms with E-state index in [1.165, 1.54) is 23.5 Å². The highest BCUT2D eigenvalue weighted by atomic mass is 35.5. The van der Waals surface area contributed by atoms with Crippen LogP contribution in [0.1, 0.15) is 30.1 Å². The number of thiazole rings is 1. The number of amides is 1. The lowest BCUT2D eigenvalue weighted by Gasteiger charge is -2.04. The zero-order valence-corrected chi connectivity index (χ0v) is 16.0. The first kappa shape index (κ1) is 19.1. The van der Waals surface area contributed by atoms with Gasteiger partial charge >= 0.3 is 0 Å². The maximum absolute atomic E-state index is 12.5. The summed E-state index contributed by atoms with van der Waals surface area (Å²) in [4.78, 5) is 27.1. The van der Waals surface area contributed by atoms with Crippen LogP contribution in [-0.2, 0) is 0 Å². The highest BCUT2D eigenvalue weighted by molar-refractivity contribution is 7.22. The van der Waals surface area contributed by atoms with Gasteiger partial charge in [0.1, 0.15) is 5.75 Å². The molecule has 0 saturated carbocycles. The fraction of sp³-hybridized carbons (Fsp3) is 0.222. The number of unbranched alkanes of at least 4 members (excludes halogenated alkanes) is 1. The smallest absolute Gasteiger partial charge is 0.270 e. The third-order valence-corrected chi connectivity index (χ3v) is 5.02. The number of nitro benzene ring substituents is 1.